The average molecular weight is 285 g/mol. The maximum absolute atomic E-state index is 11.5. The van der Waals surface area contributed by atoms with E-state index in [1.807, 2.05) is 18.7 Å². The Balaban J connectivity index is 2.80. The van der Waals surface area contributed by atoms with E-state index in [1.165, 1.54) is 6.26 Å². The average Bonchev–Trinajstić information content (AvgIpc) is 2.78. The van der Waals surface area contributed by atoms with Crippen LogP contribution in [0.5, 0.6) is 0 Å². The maximum atomic E-state index is 11.5. The SMILES string of the molecule is CCOC(=O)c1coc(N(CCC(N)=S)C(C)C)n1. The summed E-state index contributed by atoms with van der Waals surface area (Å²) in [7, 11) is 0. The number of esters is 1. The quantitative estimate of drug-likeness (QED) is 0.603. The van der Waals surface area contributed by atoms with Crippen LogP contribution >= 0.6 is 12.2 Å². The molecule has 19 heavy (non-hydrogen) atoms. The number of hydrogen-bond acceptors (Lipinski definition) is 6. The molecule has 1 rings (SSSR count). The molecule has 7 heteroatoms. The van der Waals surface area contributed by atoms with Crippen LogP contribution in [-0.2, 0) is 4.74 Å². The highest BCUT2D eigenvalue weighted by molar-refractivity contribution is 7.80. The van der Waals surface area contributed by atoms with E-state index in [0.29, 0.717) is 30.6 Å². The zero-order valence-corrected chi connectivity index (χ0v) is 12.2. The van der Waals surface area contributed by atoms with Gasteiger partial charge >= 0.3 is 5.97 Å². The lowest BCUT2D eigenvalue weighted by Gasteiger charge is -2.24. The first-order valence-electron chi connectivity index (χ1n) is 6.13. The molecule has 0 unspecified atom stereocenters. The zero-order valence-electron chi connectivity index (χ0n) is 11.4. The van der Waals surface area contributed by atoms with Crippen molar-refractivity contribution in [2.45, 2.75) is 33.2 Å². The predicted octanol–water partition coefficient (Wildman–Crippen LogP) is 1.74. The van der Waals surface area contributed by atoms with Gasteiger partial charge in [0.1, 0.15) is 6.26 Å². The molecule has 0 spiro atoms. The lowest BCUT2D eigenvalue weighted by molar-refractivity contribution is 0.0519. The van der Waals surface area contributed by atoms with Crippen molar-refractivity contribution in [3.8, 4) is 0 Å². The van der Waals surface area contributed by atoms with Crippen LogP contribution in [0.1, 0.15) is 37.7 Å². The van der Waals surface area contributed by atoms with Crippen molar-refractivity contribution in [1.29, 1.82) is 0 Å². The Morgan fingerprint density at radius 1 is 1.63 bits per heavy atom. The summed E-state index contributed by atoms with van der Waals surface area (Å²) in [5, 5.41) is 0. The summed E-state index contributed by atoms with van der Waals surface area (Å²) in [6, 6.07) is 0.525. The molecular formula is C12H19N3O3S. The Bertz CT molecular complexity index is 445. The van der Waals surface area contributed by atoms with Gasteiger partial charge in [0.2, 0.25) is 0 Å². The molecule has 0 fully saturated rings. The minimum Gasteiger partial charge on any atom is -0.461 e. The second kappa shape index (κ2) is 7.08. The summed E-state index contributed by atoms with van der Waals surface area (Å²) in [4.78, 5) is 18.0. The van der Waals surface area contributed by atoms with Crippen LogP contribution in [0.15, 0.2) is 10.7 Å². The number of hydrogen-bond donors (Lipinski definition) is 1. The highest BCUT2D eigenvalue weighted by Gasteiger charge is 2.19. The normalized spacial score (nSPS) is 10.5. The Kier molecular flexibility index (Phi) is 5.75. The number of rotatable bonds is 7. The second-order valence-corrected chi connectivity index (χ2v) is 4.76. The van der Waals surface area contributed by atoms with Gasteiger partial charge in [-0.05, 0) is 20.8 Å². The van der Waals surface area contributed by atoms with Crippen molar-refractivity contribution in [2.24, 2.45) is 5.73 Å². The van der Waals surface area contributed by atoms with Crippen LogP contribution in [0.3, 0.4) is 0 Å². The minimum atomic E-state index is -0.490. The first-order chi connectivity index (χ1) is 8.95. The van der Waals surface area contributed by atoms with Gasteiger partial charge in [-0.3, -0.25) is 0 Å². The van der Waals surface area contributed by atoms with E-state index in [1.54, 1.807) is 6.92 Å². The summed E-state index contributed by atoms with van der Waals surface area (Å²) >= 11 is 4.86. The molecule has 0 aliphatic carbocycles. The number of thiocarbonyl (C=S) groups is 1. The number of oxazole rings is 1. The molecule has 0 bridgehead atoms. The fraction of sp³-hybridized carbons (Fsp3) is 0.583. The van der Waals surface area contributed by atoms with Crippen LogP contribution in [0, 0.1) is 0 Å². The van der Waals surface area contributed by atoms with Gasteiger partial charge in [0.25, 0.3) is 6.01 Å². The van der Waals surface area contributed by atoms with E-state index in [2.05, 4.69) is 4.98 Å². The molecule has 0 saturated heterocycles. The Labute approximate surface area is 117 Å². The molecule has 106 valence electrons. The summed E-state index contributed by atoms with van der Waals surface area (Å²) in [6.45, 7) is 6.62. The summed E-state index contributed by atoms with van der Waals surface area (Å²) in [5.41, 5.74) is 5.66. The number of nitrogens with two attached hydrogens (primary N) is 1. The van der Waals surface area contributed by atoms with Crippen molar-refractivity contribution >= 4 is 29.2 Å². The van der Waals surface area contributed by atoms with Crippen molar-refractivity contribution in [3.05, 3.63) is 12.0 Å². The molecule has 1 aromatic heterocycles. The van der Waals surface area contributed by atoms with Gasteiger partial charge in [0.05, 0.1) is 11.6 Å². The first-order valence-corrected chi connectivity index (χ1v) is 6.54. The van der Waals surface area contributed by atoms with Crippen LogP contribution in [0.2, 0.25) is 0 Å². The van der Waals surface area contributed by atoms with Gasteiger partial charge in [-0.25, -0.2) is 4.79 Å². The zero-order chi connectivity index (χ0) is 14.4. The highest BCUT2D eigenvalue weighted by Crippen LogP contribution is 2.17. The molecule has 1 aromatic rings. The van der Waals surface area contributed by atoms with E-state index in [0.717, 1.165) is 0 Å². The van der Waals surface area contributed by atoms with E-state index < -0.39 is 5.97 Å². The molecule has 0 aliphatic heterocycles. The summed E-state index contributed by atoms with van der Waals surface area (Å²) in [5.74, 6) is -0.490. The van der Waals surface area contributed by atoms with Gasteiger partial charge in [0.15, 0.2) is 5.69 Å². The van der Waals surface area contributed by atoms with Crippen molar-refractivity contribution in [3.63, 3.8) is 0 Å². The molecule has 0 aliphatic rings. The van der Waals surface area contributed by atoms with E-state index in [-0.39, 0.29) is 11.7 Å². The van der Waals surface area contributed by atoms with Crippen LogP contribution < -0.4 is 10.6 Å². The fourth-order valence-corrected chi connectivity index (χ4v) is 1.59. The van der Waals surface area contributed by atoms with Gasteiger partial charge in [-0.2, -0.15) is 4.98 Å². The standard InChI is InChI=1S/C12H19N3O3S/c1-4-17-11(16)9-7-18-12(14-9)15(8(2)3)6-5-10(13)19/h7-8H,4-6H2,1-3H3,(H2,13,19). The molecule has 2 N–H and O–H groups in total. The number of anilines is 1. The number of aromatic nitrogens is 1. The molecule has 1 heterocycles. The van der Waals surface area contributed by atoms with Gasteiger partial charge in [-0.15, -0.1) is 0 Å². The van der Waals surface area contributed by atoms with Crippen molar-refractivity contribution in [1.82, 2.24) is 4.98 Å². The van der Waals surface area contributed by atoms with E-state index in [4.69, 9.17) is 27.1 Å². The van der Waals surface area contributed by atoms with Crippen LogP contribution in [0.25, 0.3) is 0 Å². The maximum Gasteiger partial charge on any atom is 0.360 e. The van der Waals surface area contributed by atoms with Crippen LogP contribution in [0.4, 0.5) is 6.01 Å². The molecule has 0 amide bonds. The summed E-state index contributed by atoms with van der Waals surface area (Å²) < 4.78 is 10.2. The van der Waals surface area contributed by atoms with Gasteiger partial charge in [0, 0.05) is 19.0 Å². The highest BCUT2D eigenvalue weighted by atomic mass is 32.1. The fourth-order valence-electron chi connectivity index (χ4n) is 1.50. The second-order valence-electron chi connectivity index (χ2n) is 4.24. The van der Waals surface area contributed by atoms with Gasteiger partial charge < -0.3 is 19.8 Å². The molecular weight excluding hydrogens is 266 g/mol. The third-order valence-electron chi connectivity index (χ3n) is 2.44. The Hall–Kier alpha value is -1.63. The van der Waals surface area contributed by atoms with E-state index >= 15 is 0 Å². The molecule has 0 atom stereocenters. The summed E-state index contributed by atoms with van der Waals surface area (Å²) in [6.07, 6.45) is 1.86. The minimum absolute atomic E-state index is 0.156. The van der Waals surface area contributed by atoms with Gasteiger partial charge in [-0.1, -0.05) is 12.2 Å². The molecule has 0 radical (unpaired) electrons. The third kappa shape index (κ3) is 4.51. The number of carbonyl (C=O) groups excluding carboxylic acids is 1. The third-order valence-corrected chi connectivity index (χ3v) is 2.65. The largest absolute Gasteiger partial charge is 0.461 e. The Morgan fingerprint density at radius 2 is 2.32 bits per heavy atom. The molecule has 0 saturated carbocycles. The van der Waals surface area contributed by atoms with Crippen molar-refractivity contribution in [2.75, 3.05) is 18.1 Å². The molecule has 6 nitrogen and oxygen atoms in total. The van der Waals surface area contributed by atoms with E-state index in [9.17, 15) is 4.79 Å². The lowest BCUT2D eigenvalue weighted by atomic mass is 10.3. The predicted molar refractivity (Wildman–Crippen MR) is 76.3 cm³/mol. The number of carbonyl (C=O) groups is 1. The number of nitrogens with zero attached hydrogens (tertiary/aromatic N) is 2. The Morgan fingerprint density at radius 3 is 2.84 bits per heavy atom. The lowest BCUT2D eigenvalue weighted by Crippen LogP contribution is -2.34. The van der Waals surface area contributed by atoms with Crippen molar-refractivity contribution < 1.29 is 13.9 Å². The first kappa shape index (κ1) is 15.4. The monoisotopic (exact) mass is 285 g/mol. The van der Waals surface area contributed by atoms with Crippen LogP contribution in [-0.4, -0.2) is 35.1 Å². The number of ether oxygens (including phenoxy) is 1. The smallest absolute Gasteiger partial charge is 0.360 e. The molecule has 0 aromatic carbocycles. The topological polar surface area (TPSA) is 81.6 Å².